The molecule has 0 aliphatic rings. The van der Waals surface area contributed by atoms with Crippen molar-refractivity contribution < 1.29 is 14.0 Å². The quantitative estimate of drug-likeness (QED) is 0.515. The van der Waals surface area contributed by atoms with Gasteiger partial charge in [-0.3, -0.25) is 9.59 Å². The van der Waals surface area contributed by atoms with Crippen molar-refractivity contribution in [2.75, 3.05) is 5.32 Å². The summed E-state index contributed by atoms with van der Waals surface area (Å²) >= 11 is 5.82. The smallest absolute Gasteiger partial charge is 0.317 e. The monoisotopic (exact) mass is 333 g/mol. The van der Waals surface area contributed by atoms with E-state index in [2.05, 4.69) is 15.8 Å². The summed E-state index contributed by atoms with van der Waals surface area (Å²) in [7, 11) is 0. The minimum atomic E-state index is -0.919. The topological polar surface area (TPSA) is 70.6 Å². The number of hydrogen-bond acceptors (Lipinski definition) is 3. The van der Waals surface area contributed by atoms with Crippen LogP contribution in [0.2, 0.25) is 5.02 Å². The lowest BCUT2D eigenvalue weighted by molar-refractivity contribution is -0.136. The Bertz CT molecular complexity index is 760. The van der Waals surface area contributed by atoms with E-state index in [1.165, 1.54) is 30.5 Å². The number of nitrogens with zero attached hydrogens (tertiary/aromatic N) is 1. The molecule has 0 heterocycles. The van der Waals surface area contributed by atoms with Crippen molar-refractivity contribution >= 4 is 35.3 Å². The largest absolute Gasteiger partial charge is 0.329 e. The second-order valence-electron chi connectivity index (χ2n) is 4.66. The highest BCUT2D eigenvalue weighted by Crippen LogP contribution is 2.19. The Kier molecular flexibility index (Phi) is 5.43. The van der Waals surface area contributed by atoms with Gasteiger partial charge in [0.25, 0.3) is 0 Å². The predicted molar refractivity (Wildman–Crippen MR) is 87.0 cm³/mol. The van der Waals surface area contributed by atoms with Gasteiger partial charge in [0.15, 0.2) is 0 Å². The lowest BCUT2D eigenvalue weighted by Crippen LogP contribution is -2.32. The number of benzene rings is 2. The van der Waals surface area contributed by atoms with Gasteiger partial charge in [-0.25, -0.2) is 9.82 Å². The summed E-state index contributed by atoms with van der Waals surface area (Å²) in [5.74, 6) is -2.15. The maximum atomic E-state index is 12.7. The van der Waals surface area contributed by atoms with Crippen molar-refractivity contribution in [1.82, 2.24) is 5.43 Å². The maximum Gasteiger partial charge on any atom is 0.329 e. The Morgan fingerprint density at radius 3 is 2.48 bits per heavy atom. The molecule has 7 heteroatoms. The van der Waals surface area contributed by atoms with Gasteiger partial charge in [0.05, 0.1) is 6.21 Å². The summed E-state index contributed by atoms with van der Waals surface area (Å²) in [6.07, 6.45) is 1.30. The van der Waals surface area contributed by atoms with Crippen LogP contribution in [-0.2, 0) is 9.59 Å². The van der Waals surface area contributed by atoms with Crippen molar-refractivity contribution in [3.05, 3.63) is 64.4 Å². The first-order valence-corrected chi connectivity index (χ1v) is 6.99. The lowest BCUT2D eigenvalue weighted by Gasteiger charge is -2.07. The van der Waals surface area contributed by atoms with Crippen LogP contribution in [0, 0.1) is 12.7 Å². The van der Waals surface area contributed by atoms with Gasteiger partial charge in [-0.05, 0) is 48.4 Å². The zero-order valence-electron chi connectivity index (χ0n) is 12.1. The summed E-state index contributed by atoms with van der Waals surface area (Å²) in [6.45, 7) is 1.76. The Morgan fingerprint density at radius 1 is 1.13 bits per heavy atom. The van der Waals surface area contributed by atoms with Gasteiger partial charge in [-0.2, -0.15) is 5.10 Å². The van der Waals surface area contributed by atoms with Crippen LogP contribution in [0.5, 0.6) is 0 Å². The van der Waals surface area contributed by atoms with E-state index < -0.39 is 11.8 Å². The molecule has 0 atom stereocenters. The van der Waals surface area contributed by atoms with E-state index in [0.717, 1.165) is 5.56 Å². The number of carbonyl (C=O) groups is 2. The van der Waals surface area contributed by atoms with Crippen LogP contribution in [0.3, 0.4) is 0 Å². The first kappa shape index (κ1) is 16.6. The van der Waals surface area contributed by atoms with Crippen LogP contribution in [0.1, 0.15) is 11.1 Å². The third-order valence-corrected chi connectivity index (χ3v) is 3.13. The average molecular weight is 334 g/mol. The Hall–Kier alpha value is -2.73. The second-order valence-corrected chi connectivity index (χ2v) is 5.10. The first-order valence-electron chi connectivity index (χ1n) is 6.62. The van der Waals surface area contributed by atoms with Crippen molar-refractivity contribution in [1.29, 1.82) is 0 Å². The fourth-order valence-corrected chi connectivity index (χ4v) is 1.94. The highest BCUT2D eigenvalue weighted by Gasteiger charge is 2.13. The van der Waals surface area contributed by atoms with Crippen LogP contribution in [0.25, 0.3) is 0 Å². The third-order valence-electron chi connectivity index (χ3n) is 2.89. The normalized spacial score (nSPS) is 10.6. The summed E-state index contributed by atoms with van der Waals surface area (Å²) < 4.78 is 12.7. The number of rotatable bonds is 3. The molecule has 2 amide bonds. The molecule has 5 nitrogen and oxygen atoms in total. The predicted octanol–water partition coefficient (Wildman–Crippen LogP) is 2.88. The molecule has 0 radical (unpaired) electrons. The fourth-order valence-electron chi connectivity index (χ4n) is 1.71. The van der Waals surface area contributed by atoms with E-state index >= 15 is 0 Å². The molecule has 2 aromatic rings. The van der Waals surface area contributed by atoms with Crippen LogP contribution in [-0.4, -0.2) is 18.0 Å². The van der Waals surface area contributed by atoms with Gasteiger partial charge in [0.2, 0.25) is 0 Å². The molecule has 118 valence electrons. The van der Waals surface area contributed by atoms with Crippen LogP contribution >= 0.6 is 11.6 Å². The van der Waals surface area contributed by atoms with Crippen molar-refractivity contribution in [2.45, 2.75) is 6.92 Å². The SMILES string of the molecule is Cc1cc(Cl)ccc1NC(=O)C(=O)N/N=C/c1ccc(F)cc1. The standard InChI is InChI=1S/C16H13ClFN3O2/c1-10-8-12(17)4-7-14(10)20-15(22)16(23)21-19-9-11-2-5-13(18)6-3-11/h2-9H,1H3,(H,20,22)(H,21,23)/b19-9+. The van der Waals surface area contributed by atoms with Crippen LogP contribution < -0.4 is 10.7 Å². The van der Waals surface area contributed by atoms with Crippen molar-refractivity contribution in [3.63, 3.8) is 0 Å². The summed E-state index contributed by atoms with van der Waals surface area (Å²) in [4.78, 5) is 23.4. The van der Waals surface area contributed by atoms with E-state index in [1.807, 2.05) is 0 Å². The second kappa shape index (κ2) is 7.51. The molecule has 0 saturated carbocycles. The molecular formula is C16H13ClFN3O2. The number of hydrazone groups is 1. The molecule has 0 aliphatic carbocycles. The molecule has 2 aromatic carbocycles. The number of nitrogens with one attached hydrogen (secondary N) is 2. The van der Waals surface area contributed by atoms with Gasteiger partial charge in [-0.15, -0.1) is 0 Å². The molecule has 2 rings (SSSR count). The van der Waals surface area contributed by atoms with E-state index in [-0.39, 0.29) is 5.82 Å². The number of halogens is 2. The Labute approximate surface area is 137 Å². The number of anilines is 1. The van der Waals surface area contributed by atoms with Gasteiger partial charge in [0.1, 0.15) is 5.82 Å². The van der Waals surface area contributed by atoms with E-state index in [4.69, 9.17) is 11.6 Å². The molecule has 0 spiro atoms. The van der Waals surface area contributed by atoms with Gasteiger partial charge in [0, 0.05) is 10.7 Å². The zero-order chi connectivity index (χ0) is 16.8. The number of hydrogen-bond donors (Lipinski definition) is 2. The fraction of sp³-hybridized carbons (Fsp3) is 0.0625. The molecule has 0 unspecified atom stereocenters. The van der Waals surface area contributed by atoms with Gasteiger partial charge in [-0.1, -0.05) is 23.7 Å². The minimum Gasteiger partial charge on any atom is -0.317 e. The first-order chi connectivity index (χ1) is 11.0. The number of amides is 2. The molecule has 0 aromatic heterocycles. The van der Waals surface area contributed by atoms with Crippen molar-refractivity contribution in [3.8, 4) is 0 Å². The molecule has 0 fully saturated rings. The Morgan fingerprint density at radius 2 is 1.83 bits per heavy atom. The van der Waals surface area contributed by atoms with E-state index in [9.17, 15) is 14.0 Å². The molecule has 0 bridgehead atoms. The lowest BCUT2D eigenvalue weighted by atomic mass is 10.2. The van der Waals surface area contributed by atoms with Crippen LogP contribution in [0.15, 0.2) is 47.6 Å². The van der Waals surface area contributed by atoms with Crippen LogP contribution in [0.4, 0.5) is 10.1 Å². The van der Waals surface area contributed by atoms with Gasteiger partial charge >= 0.3 is 11.8 Å². The molecule has 23 heavy (non-hydrogen) atoms. The minimum absolute atomic E-state index is 0.371. The molecule has 2 N–H and O–H groups in total. The van der Waals surface area contributed by atoms with Gasteiger partial charge < -0.3 is 5.32 Å². The Balaban J connectivity index is 1.92. The number of carbonyl (C=O) groups excluding carboxylic acids is 2. The zero-order valence-corrected chi connectivity index (χ0v) is 12.9. The van der Waals surface area contributed by atoms with Crippen molar-refractivity contribution in [2.24, 2.45) is 5.10 Å². The number of aryl methyl sites for hydroxylation is 1. The highest BCUT2D eigenvalue weighted by atomic mass is 35.5. The average Bonchev–Trinajstić information content (AvgIpc) is 2.51. The summed E-state index contributed by atoms with van der Waals surface area (Å²) in [5, 5.41) is 6.64. The molecular weight excluding hydrogens is 321 g/mol. The molecule has 0 aliphatic heterocycles. The van der Waals surface area contributed by atoms with E-state index in [1.54, 1.807) is 25.1 Å². The molecule has 0 saturated heterocycles. The highest BCUT2D eigenvalue weighted by molar-refractivity contribution is 6.39. The van der Waals surface area contributed by atoms with E-state index in [0.29, 0.717) is 16.3 Å². The summed E-state index contributed by atoms with van der Waals surface area (Å²) in [5.41, 5.74) is 3.89. The maximum absolute atomic E-state index is 12.7. The summed E-state index contributed by atoms with van der Waals surface area (Å²) in [6, 6.07) is 10.4. The third kappa shape index (κ3) is 4.89.